The van der Waals surface area contributed by atoms with Gasteiger partial charge in [-0.3, -0.25) is 4.79 Å². The van der Waals surface area contributed by atoms with Gasteiger partial charge in [0.15, 0.2) is 23.2 Å². The number of carbonyl (C=O) groups is 1. The van der Waals surface area contributed by atoms with Crippen LogP contribution in [0.25, 0.3) is 0 Å². The van der Waals surface area contributed by atoms with Crippen molar-refractivity contribution in [2.75, 3.05) is 0 Å². The molecule has 0 radical (unpaired) electrons. The van der Waals surface area contributed by atoms with Crippen LogP contribution in [0, 0.1) is 40.6 Å². The predicted molar refractivity (Wildman–Crippen MR) is 59.2 cm³/mol. The summed E-state index contributed by atoms with van der Waals surface area (Å²) in [4.78, 5) is 11.8. The first-order valence-corrected chi connectivity index (χ1v) is 5.45. The Hall–Kier alpha value is -1.83. The Bertz CT molecular complexity index is 482. The van der Waals surface area contributed by atoms with Crippen molar-refractivity contribution in [1.29, 1.82) is 5.26 Å². The summed E-state index contributed by atoms with van der Waals surface area (Å²) < 4.78 is 38.7. The number of halogens is 3. The van der Waals surface area contributed by atoms with Crippen molar-refractivity contribution >= 4 is 5.78 Å². The highest BCUT2D eigenvalue weighted by atomic mass is 19.2. The van der Waals surface area contributed by atoms with Crippen molar-refractivity contribution in [1.82, 2.24) is 0 Å². The van der Waals surface area contributed by atoms with Gasteiger partial charge in [-0.25, -0.2) is 13.2 Å². The lowest BCUT2D eigenvalue weighted by Gasteiger charge is -2.11. The van der Waals surface area contributed by atoms with E-state index in [1.807, 2.05) is 13.8 Å². The number of ketones is 1. The molecule has 1 unspecified atom stereocenters. The van der Waals surface area contributed by atoms with Crippen LogP contribution >= 0.6 is 0 Å². The third-order valence-electron chi connectivity index (χ3n) is 2.45. The summed E-state index contributed by atoms with van der Waals surface area (Å²) in [6.45, 7) is 3.65. The van der Waals surface area contributed by atoms with Crippen LogP contribution in [0.3, 0.4) is 0 Å². The molecule has 0 bridgehead atoms. The average molecular weight is 255 g/mol. The van der Waals surface area contributed by atoms with Gasteiger partial charge in [0.25, 0.3) is 0 Å². The molecule has 1 aromatic rings. The number of nitrogens with zero attached hydrogens (tertiary/aromatic N) is 1. The molecule has 1 aromatic carbocycles. The summed E-state index contributed by atoms with van der Waals surface area (Å²) in [6.07, 6.45) is 0.288. The largest absolute Gasteiger partial charge is 0.293 e. The first-order chi connectivity index (χ1) is 8.36. The van der Waals surface area contributed by atoms with Gasteiger partial charge in [0.2, 0.25) is 0 Å². The first kappa shape index (κ1) is 14.2. The maximum Gasteiger partial charge on any atom is 0.194 e. The Balaban J connectivity index is 3.07. The molecule has 0 amide bonds. The van der Waals surface area contributed by atoms with Crippen molar-refractivity contribution in [3.63, 3.8) is 0 Å². The van der Waals surface area contributed by atoms with Crippen LogP contribution in [-0.4, -0.2) is 5.78 Å². The number of rotatable bonds is 4. The Morgan fingerprint density at radius 2 is 1.78 bits per heavy atom. The van der Waals surface area contributed by atoms with Crippen molar-refractivity contribution in [3.8, 4) is 6.07 Å². The minimum absolute atomic E-state index is 0.0914. The number of Topliss-reactive ketones (excluding diaryl/α,β-unsaturated/α-hetero) is 1. The second kappa shape index (κ2) is 5.67. The van der Waals surface area contributed by atoms with Gasteiger partial charge >= 0.3 is 0 Å². The molecule has 96 valence electrons. The van der Waals surface area contributed by atoms with Gasteiger partial charge in [-0.2, -0.15) is 5.26 Å². The second-order valence-corrected chi connectivity index (χ2v) is 4.43. The van der Waals surface area contributed by atoms with Crippen LogP contribution in [0.15, 0.2) is 12.1 Å². The minimum Gasteiger partial charge on any atom is -0.293 e. The molecule has 0 aliphatic carbocycles. The van der Waals surface area contributed by atoms with E-state index >= 15 is 0 Å². The molecule has 5 heteroatoms. The van der Waals surface area contributed by atoms with E-state index in [0.29, 0.717) is 12.1 Å². The molecular formula is C13H12F3NO. The molecule has 0 spiro atoms. The number of hydrogen-bond acceptors (Lipinski definition) is 2. The fourth-order valence-electron chi connectivity index (χ4n) is 1.59. The maximum atomic E-state index is 13.0. The topological polar surface area (TPSA) is 40.9 Å². The number of benzene rings is 1. The Morgan fingerprint density at radius 1 is 1.28 bits per heavy atom. The van der Waals surface area contributed by atoms with Gasteiger partial charge in [-0.05, 0) is 24.5 Å². The lowest BCUT2D eigenvalue weighted by molar-refractivity contribution is 0.0935. The molecule has 0 aliphatic heterocycles. The molecule has 0 heterocycles. The van der Waals surface area contributed by atoms with Crippen LogP contribution in [0.1, 0.15) is 30.6 Å². The van der Waals surface area contributed by atoms with Crippen LogP contribution in [0.2, 0.25) is 0 Å². The Morgan fingerprint density at radius 3 is 2.17 bits per heavy atom. The summed E-state index contributed by atoms with van der Waals surface area (Å²) >= 11 is 0. The van der Waals surface area contributed by atoms with Crippen LogP contribution in [0.4, 0.5) is 13.2 Å². The number of carbonyl (C=O) groups excluding carboxylic acids is 1. The molecule has 0 aromatic heterocycles. The summed E-state index contributed by atoms with van der Waals surface area (Å²) in [6, 6.07) is 3.03. The van der Waals surface area contributed by atoms with Gasteiger partial charge in [-0.1, -0.05) is 13.8 Å². The van der Waals surface area contributed by atoms with Crippen LogP contribution < -0.4 is 0 Å². The highest BCUT2D eigenvalue weighted by Gasteiger charge is 2.23. The summed E-state index contributed by atoms with van der Waals surface area (Å²) in [5.41, 5.74) is -0.321. The first-order valence-electron chi connectivity index (χ1n) is 5.45. The van der Waals surface area contributed by atoms with E-state index in [4.69, 9.17) is 5.26 Å². The van der Waals surface area contributed by atoms with Gasteiger partial charge in [0.05, 0.1) is 6.07 Å². The zero-order chi connectivity index (χ0) is 13.9. The normalized spacial score (nSPS) is 12.3. The smallest absolute Gasteiger partial charge is 0.194 e. The fourth-order valence-corrected chi connectivity index (χ4v) is 1.59. The van der Waals surface area contributed by atoms with Gasteiger partial charge in [-0.15, -0.1) is 0 Å². The van der Waals surface area contributed by atoms with Crippen molar-refractivity contribution in [3.05, 3.63) is 35.1 Å². The zero-order valence-corrected chi connectivity index (χ0v) is 10.0. The van der Waals surface area contributed by atoms with E-state index in [1.54, 1.807) is 6.07 Å². The number of nitriles is 1. The molecule has 0 aliphatic rings. The predicted octanol–water partition coefficient (Wildman–Crippen LogP) is 3.47. The molecule has 0 N–H and O–H groups in total. The van der Waals surface area contributed by atoms with Gasteiger partial charge < -0.3 is 0 Å². The average Bonchev–Trinajstić information content (AvgIpc) is 2.31. The Labute approximate surface area is 103 Å². The number of hydrogen-bond donors (Lipinski definition) is 0. The van der Waals surface area contributed by atoms with E-state index < -0.39 is 29.2 Å². The molecule has 2 nitrogen and oxygen atoms in total. The van der Waals surface area contributed by atoms with Crippen molar-refractivity contribution in [2.24, 2.45) is 11.8 Å². The van der Waals surface area contributed by atoms with E-state index in [0.717, 1.165) is 0 Å². The zero-order valence-electron chi connectivity index (χ0n) is 10.0. The molecule has 0 saturated carbocycles. The monoisotopic (exact) mass is 255 g/mol. The van der Waals surface area contributed by atoms with Crippen molar-refractivity contribution < 1.29 is 18.0 Å². The highest BCUT2D eigenvalue weighted by Crippen LogP contribution is 2.20. The quantitative estimate of drug-likeness (QED) is 0.610. The second-order valence-electron chi connectivity index (χ2n) is 4.43. The standard InChI is InChI=1S/C13H12F3NO/c1-7(2)3-9(6-17)13(18)8-4-10(14)12(16)11(15)5-8/h4-5,7,9H,3H2,1-2H3. The summed E-state index contributed by atoms with van der Waals surface area (Å²) in [7, 11) is 0. The summed E-state index contributed by atoms with van der Waals surface area (Å²) in [5, 5.41) is 8.87. The fraction of sp³-hybridized carbons (Fsp3) is 0.385. The summed E-state index contributed by atoms with van der Waals surface area (Å²) in [5.74, 6) is -6.06. The van der Waals surface area contributed by atoms with Crippen molar-refractivity contribution in [2.45, 2.75) is 20.3 Å². The molecule has 1 atom stereocenters. The highest BCUT2D eigenvalue weighted by molar-refractivity contribution is 5.99. The van der Waals surface area contributed by atoms with E-state index in [9.17, 15) is 18.0 Å². The molecule has 0 fully saturated rings. The van der Waals surface area contributed by atoms with Gasteiger partial charge in [0, 0.05) is 5.56 Å². The molecular weight excluding hydrogens is 243 g/mol. The lowest BCUT2D eigenvalue weighted by atomic mass is 9.91. The van der Waals surface area contributed by atoms with Crippen LogP contribution in [-0.2, 0) is 0 Å². The minimum atomic E-state index is -1.62. The third kappa shape index (κ3) is 3.10. The molecule has 1 rings (SSSR count). The Kier molecular flexibility index (Phi) is 4.49. The van der Waals surface area contributed by atoms with E-state index in [-0.39, 0.29) is 17.9 Å². The van der Waals surface area contributed by atoms with E-state index in [2.05, 4.69) is 0 Å². The SMILES string of the molecule is CC(C)CC(C#N)C(=O)c1cc(F)c(F)c(F)c1. The maximum absolute atomic E-state index is 13.0. The molecule has 18 heavy (non-hydrogen) atoms. The lowest BCUT2D eigenvalue weighted by Crippen LogP contribution is -2.16. The van der Waals surface area contributed by atoms with E-state index in [1.165, 1.54) is 0 Å². The third-order valence-corrected chi connectivity index (χ3v) is 2.45. The van der Waals surface area contributed by atoms with Crippen LogP contribution in [0.5, 0.6) is 0 Å². The van der Waals surface area contributed by atoms with Gasteiger partial charge in [0.1, 0.15) is 5.92 Å². The molecule has 0 saturated heterocycles.